The summed E-state index contributed by atoms with van der Waals surface area (Å²) in [6.45, 7) is 3.10. The van der Waals surface area contributed by atoms with Gasteiger partial charge in [-0.1, -0.05) is 11.6 Å². The molecule has 1 amide bonds. The second kappa shape index (κ2) is 9.09. The van der Waals surface area contributed by atoms with Crippen LogP contribution in [0.4, 0.5) is 21.5 Å². The average molecular weight is 520 g/mol. The molecule has 162 valence electrons. The molecule has 0 aliphatic carbocycles. The van der Waals surface area contributed by atoms with Gasteiger partial charge in [0.25, 0.3) is 5.91 Å². The molecule has 30 heavy (non-hydrogen) atoms. The maximum absolute atomic E-state index is 14.5. The Labute approximate surface area is 188 Å². The monoisotopic (exact) mass is 518 g/mol. The van der Waals surface area contributed by atoms with E-state index >= 15 is 0 Å². The van der Waals surface area contributed by atoms with Crippen molar-refractivity contribution < 1.29 is 17.6 Å². The van der Waals surface area contributed by atoms with Gasteiger partial charge in [-0.25, -0.2) is 12.8 Å². The van der Waals surface area contributed by atoms with E-state index in [0.29, 0.717) is 4.47 Å². The van der Waals surface area contributed by atoms with Crippen molar-refractivity contribution in [2.45, 2.75) is 0 Å². The lowest BCUT2D eigenvalue weighted by atomic mass is 10.1. The maximum Gasteiger partial charge on any atom is 0.257 e. The smallest absolute Gasteiger partial charge is 0.257 e. The minimum Gasteiger partial charge on any atom is -0.369 e. The molecule has 0 spiro atoms. The van der Waals surface area contributed by atoms with Gasteiger partial charge in [-0.05, 0) is 46.3 Å². The number of piperazine rings is 1. The zero-order valence-electron chi connectivity index (χ0n) is 16.4. The van der Waals surface area contributed by atoms with Crippen LogP contribution in [0.15, 0.2) is 34.8 Å². The molecule has 0 unspecified atom stereocenters. The van der Waals surface area contributed by atoms with E-state index in [2.05, 4.69) is 31.5 Å². The predicted octanol–water partition coefficient (Wildman–Crippen LogP) is 3.30. The minimum absolute atomic E-state index is 0.103. The first-order valence-electron chi connectivity index (χ1n) is 9.08. The third kappa shape index (κ3) is 4.88. The van der Waals surface area contributed by atoms with Gasteiger partial charge in [-0.3, -0.25) is 9.10 Å². The molecule has 0 saturated carbocycles. The molecule has 1 aliphatic rings. The Morgan fingerprint density at radius 2 is 1.93 bits per heavy atom. The van der Waals surface area contributed by atoms with Crippen LogP contribution in [0.25, 0.3) is 0 Å². The van der Waals surface area contributed by atoms with Gasteiger partial charge in [0, 0.05) is 43.4 Å². The molecule has 0 aromatic heterocycles. The Morgan fingerprint density at radius 1 is 1.27 bits per heavy atom. The van der Waals surface area contributed by atoms with E-state index in [4.69, 9.17) is 11.6 Å². The molecule has 0 atom stereocenters. The Kier molecular flexibility index (Phi) is 6.91. The van der Waals surface area contributed by atoms with E-state index in [1.165, 1.54) is 19.2 Å². The zero-order valence-corrected chi connectivity index (χ0v) is 19.5. The van der Waals surface area contributed by atoms with E-state index in [1.807, 2.05) is 0 Å². The lowest BCUT2D eigenvalue weighted by molar-refractivity contribution is 0.102. The first kappa shape index (κ1) is 22.8. The summed E-state index contributed by atoms with van der Waals surface area (Å²) in [6, 6.07) is 7.87. The van der Waals surface area contributed by atoms with Crippen LogP contribution in [0.2, 0.25) is 5.02 Å². The number of carbonyl (C=O) groups excluding carboxylic acids is 1. The average Bonchev–Trinajstić information content (AvgIpc) is 2.73. The Hall–Kier alpha value is -1.88. The first-order chi connectivity index (χ1) is 14.1. The molecule has 1 heterocycles. The van der Waals surface area contributed by atoms with Gasteiger partial charge in [-0.2, -0.15) is 0 Å². The first-order valence-corrected chi connectivity index (χ1v) is 12.1. The van der Waals surface area contributed by atoms with Crippen LogP contribution in [0, 0.1) is 5.82 Å². The highest BCUT2D eigenvalue weighted by molar-refractivity contribution is 9.10. The molecule has 2 N–H and O–H groups in total. The number of nitrogens with one attached hydrogen (secondary N) is 2. The quantitative estimate of drug-likeness (QED) is 0.593. The summed E-state index contributed by atoms with van der Waals surface area (Å²) in [4.78, 5) is 15.2. The van der Waals surface area contributed by atoms with E-state index in [9.17, 15) is 17.6 Å². The van der Waals surface area contributed by atoms with E-state index in [-0.39, 0.29) is 22.0 Å². The number of nitrogens with zero attached hydrogens (tertiary/aromatic N) is 2. The lowest BCUT2D eigenvalue weighted by Crippen LogP contribution is -2.43. The van der Waals surface area contributed by atoms with Crippen molar-refractivity contribution in [1.29, 1.82) is 0 Å². The Morgan fingerprint density at radius 3 is 2.57 bits per heavy atom. The van der Waals surface area contributed by atoms with Crippen molar-refractivity contribution in [3.63, 3.8) is 0 Å². The Balaban J connectivity index is 2.02. The number of sulfonamides is 1. The van der Waals surface area contributed by atoms with Crippen molar-refractivity contribution in [3.05, 3.63) is 51.2 Å². The summed E-state index contributed by atoms with van der Waals surface area (Å²) >= 11 is 9.04. The van der Waals surface area contributed by atoms with Crippen LogP contribution >= 0.6 is 27.5 Å². The maximum atomic E-state index is 14.5. The molecule has 1 saturated heterocycles. The molecule has 1 fully saturated rings. The molecule has 7 nitrogen and oxygen atoms in total. The van der Waals surface area contributed by atoms with E-state index in [1.54, 1.807) is 18.2 Å². The van der Waals surface area contributed by atoms with Crippen molar-refractivity contribution in [1.82, 2.24) is 5.32 Å². The molecule has 2 aromatic carbocycles. The van der Waals surface area contributed by atoms with Crippen LogP contribution in [-0.2, 0) is 10.0 Å². The topological polar surface area (TPSA) is 81.8 Å². The van der Waals surface area contributed by atoms with Gasteiger partial charge < -0.3 is 15.5 Å². The summed E-state index contributed by atoms with van der Waals surface area (Å²) in [5.41, 5.74) is 0.977. The fourth-order valence-corrected chi connectivity index (χ4v) is 4.08. The minimum atomic E-state index is -3.61. The van der Waals surface area contributed by atoms with Crippen molar-refractivity contribution >= 4 is 60.5 Å². The van der Waals surface area contributed by atoms with Crippen molar-refractivity contribution in [2.24, 2.45) is 0 Å². The van der Waals surface area contributed by atoms with Gasteiger partial charge in [0.15, 0.2) is 5.82 Å². The molecule has 3 rings (SSSR count). The number of halogens is 3. The normalized spacial score (nSPS) is 14.5. The summed E-state index contributed by atoms with van der Waals surface area (Å²) in [5.74, 6) is -1.43. The number of hydrogen-bond donors (Lipinski definition) is 2. The fraction of sp³-hybridized carbons (Fsp3) is 0.316. The van der Waals surface area contributed by atoms with Crippen LogP contribution < -0.4 is 19.8 Å². The molecular formula is C19H21BrClFN4O3S. The SMILES string of the molecule is CN(c1ccc(N2CCNCC2)cc1C(=O)Nc1ccc(Br)c(Cl)c1F)S(C)(=O)=O. The van der Waals surface area contributed by atoms with Crippen LogP contribution in [-0.4, -0.2) is 53.8 Å². The lowest BCUT2D eigenvalue weighted by Gasteiger charge is -2.30. The second-order valence-electron chi connectivity index (χ2n) is 6.85. The zero-order chi connectivity index (χ0) is 22.1. The van der Waals surface area contributed by atoms with Gasteiger partial charge in [0.2, 0.25) is 10.0 Å². The third-order valence-electron chi connectivity index (χ3n) is 4.83. The van der Waals surface area contributed by atoms with Crippen LogP contribution in [0.3, 0.4) is 0 Å². The number of carbonyl (C=O) groups is 1. The second-order valence-corrected chi connectivity index (χ2v) is 10.1. The van der Waals surface area contributed by atoms with Crippen molar-refractivity contribution in [2.75, 3.05) is 54.0 Å². The summed E-state index contributed by atoms with van der Waals surface area (Å²) in [5, 5.41) is 5.60. The molecule has 0 radical (unpaired) electrons. The highest BCUT2D eigenvalue weighted by Crippen LogP contribution is 2.32. The highest BCUT2D eigenvalue weighted by Gasteiger charge is 2.23. The van der Waals surface area contributed by atoms with Gasteiger partial charge in [0.1, 0.15) is 0 Å². The molecule has 1 aliphatic heterocycles. The predicted molar refractivity (Wildman–Crippen MR) is 122 cm³/mol. The highest BCUT2D eigenvalue weighted by atomic mass is 79.9. The van der Waals surface area contributed by atoms with Crippen LogP contribution in [0.1, 0.15) is 10.4 Å². The van der Waals surface area contributed by atoms with E-state index in [0.717, 1.165) is 42.4 Å². The number of benzene rings is 2. The summed E-state index contributed by atoms with van der Waals surface area (Å²) in [7, 11) is -2.25. The largest absolute Gasteiger partial charge is 0.369 e. The van der Waals surface area contributed by atoms with Gasteiger partial charge in [-0.15, -0.1) is 0 Å². The van der Waals surface area contributed by atoms with Crippen molar-refractivity contribution in [3.8, 4) is 0 Å². The number of amides is 1. The molecular weight excluding hydrogens is 499 g/mol. The molecule has 2 aromatic rings. The molecule has 11 heteroatoms. The summed E-state index contributed by atoms with van der Waals surface area (Å²) < 4.78 is 40.0. The van der Waals surface area contributed by atoms with Gasteiger partial charge >= 0.3 is 0 Å². The number of hydrogen-bond acceptors (Lipinski definition) is 5. The Bertz CT molecular complexity index is 1080. The fourth-order valence-electron chi connectivity index (χ4n) is 3.09. The standard InChI is InChI=1S/C19H21BrClFN4O3S/c1-25(30(2,28)29)16-6-3-12(26-9-7-23-8-10-26)11-13(16)19(27)24-15-5-4-14(20)17(21)18(15)22/h3-6,11,23H,7-10H2,1-2H3,(H,24,27). The third-order valence-corrected chi connectivity index (χ3v) is 7.28. The van der Waals surface area contributed by atoms with E-state index < -0.39 is 21.7 Å². The van der Waals surface area contributed by atoms with Gasteiger partial charge in [0.05, 0.1) is 28.2 Å². The number of anilines is 3. The molecule has 0 bridgehead atoms. The number of rotatable bonds is 5. The van der Waals surface area contributed by atoms with Crippen LogP contribution in [0.5, 0.6) is 0 Å². The summed E-state index contributed by atoms with van der Waals surface area (Å²) in [6.07, 6.45) is 1.05.